The van der Waals surface area contributed by atoms with Crippen LogP contribution in [0.4, 0.5) is 5.69 Å². The minimum atomic E-state index is -3.52. The molecule has 1 saturated heterocycles. The van der Waals surface area contributed by atoms with Crippen LogP contribution in [0.15, 0.2) is 47.4 Å². The molecule has 0 saturated carbocycles. The summed E-state index contributed by atoms with van der Waals surface area (Å²) in [4.78, 5) is 12.9. The second-order valence-electron chi connectivity index (χ2n) is 7.43. The summed E-state index contributed by atoms with van der Waals surface area (Å²) in [5.41, 5.74) is 2.99. The molecule has 4 rings (SSSR count). The van der Waals surface area contributed by atoms with Crippen LogP contribution in [0, 0.1) is 5.92 Å². The SMILES string of the molecule is O=C(Nc1ccccc1Cl)C1CCN(S(=O)(=O)c2ccc3c(c2)CCC3)CC1. The van der Waals surface area contributed by atoms with Crippen molar-refractivity contribution in [2.75, 3.05) is 18.4 Å². The summed E-state index contributed by atoms with van der Waals surface area (Å²) in [6, 6.07) is 12.6. The van der Waals surface area contributed by atoms with Gasteiger partial charge in [-0.15, -0.1) is 0 Å². The lowest BCUT2D eigenvalue weighted by Crippen LogP contribution is -2.41. The number of rotatable bonds is 4. The van der Waals surface area contributed by atoms with E-state index >= 15 is 0 Å². The van der Waals surface area contributed by atoms with E-state index < -0.39 is 10.0 Å². The Morgan fingerprint density at radius 2 is 1.75 bits per heavy atom. The highest BCUT2D eigenvalue weighted by molar-refractivity contribution is 7.89. The van der Waals surface area contributed by atoms with Crippen molar-refractivity contribution in [2.24, 2.45) is 5.92 Å². The molecule has 0 bridgehead atoms. The summed E-state index contributed by atoms with van der Waals surface area (Å²) >= 11 is 6.10. The van der Waals surface area contributed by atoms with Gasteiger partial charge in [0.2, 0.25) is 15.9 Å². The fraction of sp³-hybridized carbons (Fsp3) is 0.381. The first kappa shape index (κ1) is 19.4. The number of piperidine rings is 1. The number of benzene rings is 2. The predicted octanol–water partition coefficient (Wildman–Crippen LogP) is 3.87. The van der Waals surface area contributed by atoms with Crippen molar-refractivity contribution in [1.29, 1.82) is 0 Å². The van der Waals surface area contributed by atoms with Crippen molar-refractivity contribution in [1.82, 2.24) is 4.31 Å². The zero-order valence-electron chi connectivity index (χ0n) is 15.5. The molecule has 1 N–H and O–H groups in total. The number of hydrogen-bond acceptors (Lipinski definition) is 3. The lowest BCUT2D eigenvalue weighted by molar-refractivity contribution is -0.120. The lowest BCUT2D eigenvalue weighted by Gasteiger charge is -2.30. The van der Waals surface area contributed by atoms with Crippen LogP contribution >= 0.6 is 11.6 Å². The van der Waals surface area contributed by atoms with Gasteiger partial charge in [0.15, 0.2) is 0 Å². The smallest absolute Gasteiger partial charge is 0.243 e. The van der Waals surface area contributed by atoms with Crippen LogP contribution in [-0.4, -0.2) is 31.7 Å². The number of fused-ring (bicyclic) bond motifs is 1. The maximum atomic E-state index is 13.0. The summed E-state index contributed by atoms with van der Waals surface area (Å²) in [6.07, 6.45) is 4.07. The molecule has 148 valence electrons. The van der Waals surface area contributed by atoms with E-state index in [-0.39, 0.29) is 11.8 Å². The maximum Gasteiger partial charge on any atom is 0.243 e. The van der Waals surface area contributed by atoms with Crippen LogP contribution in [0.1, 0.15) is 30.4 Å². The summed E-state index contributed by atoms with van der Waals surface area (Å²) in [5.74, 6) is -0.328. The van der Waals surface area contributed by atoms with E-state index in [2.05, 4.69) is 5.32 Å². The molecule has 0 spiro atoms. The largest absolute Gasteiger partial charge is 0.325 e. The molecule has 2 aromatic carbocycles. The number of para-hydroxylation sites is 1. The molecule has 2 aliphatic rings. The third-order valence-corrected chi connectivity index (χ3v) is 7.89. The number of carbonyl (C=O) groups is 1. The van der Waals surface area contributed by atoms with Crippen LogP contribution in [0.2, 0.25) is 5.02 Å². The molecule has 28 heavy (non-hydrogen) atoms. The number of nitrogens with zero attached hydrogens (tertiary/aromatic N) is 1. The van der Waals surface area contributed by atoms with E-state index in [4.69, 9.17) is 11.6 Å². The Hall–Kier alpha value is -1.89. The van der Waals surface area contributed by atoms with Crippen LogP contribution in [0.5, 0.6) is 0 Å². The molecular weight excluding hydrogens is 396 g/mol. The van der Waals surface area contributed by atoms with Crippen molar-refractivity contribution in [2.45, 2.75) is 37.0 Å². The van der Waals surface area contributed by atoms with Crippen LogP contribution in [-0.2, 0) is 27.7 Å². The minimum absolute atomic E-state index is 0.109. The highest BCUT2D eigenvalue weighted by Crippen LogP contribution is 2.29. The molecule has 1 aliphatic heterocycles. The number of anilines is 1. The second-order valence-corrected chi connectivity index (χ2v) is 9.78. The number of aryl methyl sites for hydroxylation is 2. The van der Waals surface area contributed by atoms with Gasteiger partial charge in [0, 0.05) is 19.0 Å². The predicted molar refractivity (Wildman–Crippen MR) is 110 cm³/mol. The summed E-state index contributed by atoms with van der Waals surface area (Å²) in [7, 11) is -3.52. The fourth-order valence-corrected chi connectivity index (χ4v) is 5.72. The van der Waals surface area contributed by atoms with E-state index in [0.717, 1.165) is 24.8 Å². The number of sulfonamides is 1. The third-order valence-electron chi connectivity index (χ3n) is 5.66. The second kappa shape index (κ2) is 7.85. The molecular formula is C21H23ClN2O3S. The topological polar surface area (TPSA) is 66.5 Å². The lowest BCUT2D eigenvalue weighted by atomic mass is 9.97. The molecule has 0 unspecified atom stereocenters. The molecule has 0 radical (unpaired) electrons. The zero-order valence-corrected chi connectivity index (χ0v) is 17.1. The van der Waals surface area contributed by atoms with Gasteiger partial charge in [-0.1, -0.05) is 29.8 Å². The molecule has 1 amide bonds. The van der Waals surface area contributed by atoms with E-state index in [9.17, 15) is 13.2 Å². The van der Waals surface area contributed by atoms with Gasteiger partial charge in [-0.25, -0.2) is 8.42 Å². The van der Waals surface area contributed by atoms with Gasteiger partial charge >= 0.3 is 0 Å². The third kappa shape index (κ3) is 3.81. The van der Waals surface area contributed by atoms with Gasteiger partial charge in [0.1, 0.15) is 0 Å². The highest BCUT2D eigenvalue weighted by atomic mass is 35.5. The Kier molecular flexibility index (Phi) is 5.45. The Morgan fingerprint density at radius 1 is 1.04 bits per heavy atom. The molecule has 0 aromatic heterocycles. The van der Waals surface area contributed by atoms with E-state index in [1.165, 1.54) is 9.87 Å². The Labute approximate surface area is 170 Å². The standard InChI is InChI=1S/C21H23ClN2O3S/c22-19-6-1-2-7-20(19)23-21(25)16-10-12-24(13-11-16)28(26,27)18-9-8-15-4-3-5-17(15)14-18/h1-2,6-9,14,16H,3-5,10-13H2,(H,23,25). The first-order valence-corrected chi connectivity index (χ1v) is 11.4. The van der Waals surface area contributed by atoms with Crippen molar-refractivity contribution in [3.05, 3.63) is 58.6 Å². The molecule has 1 aliphatic carbocycles. The summed E-state index contributed by atoms with van der Waals surface area (Å²) in [6.45, 7) is 0.694. The molecule has 7 heteroatoms. The van der Waals surface area contributed by atoms with Crippen LogP contribution < -0.4 is 5.32 Å². The number of halogens is 1. The molecule has 5 nitrogen and oxygen atoms in total. The summed E-state index contributed by atoms with van der Waals surface area (Å²) < 4.78 is 27.5. The monoisotopic (exact) mass is 418 g/mol. The Balaban J connectivity index is 1.41. The van der Waals surface area contributed by atoms with Gasteiger partial charge in [0.05, 0.1) is 15.6 Å². The van der Waals surface area contributed by atoms with Gasteiger partial charge in [-0.3, -0.25) is 4.79 Å². The van der Waals surface area contributed by atoms with Crippen LogP contribution in [0.3, 0.4) is 0 Å². The molecule has 1 heterocycles. The zero-order chi connectivity index (χ0) is 19.7. The molecule has 1 fully saturated rings. The van der Waals surface area contributed by atoms with Gasteiger partial charge in [-0.05, 0) is 67.5 Å². The van der Waals surface area contributed by atoms with Crippen molar-refractivity contribution >= 4 is 33.2 Å². The van der Waals surface area contributed by atoms with Crippen LogP contribution in [0.25, 0.3) is 0 Å². The number of carbonyl (C=O) groups excluding carboxylic acids is 1. The van der Waals surface area contributed by atoms with Gasteiger partial charge in [-0.2, -0.15) is 4.31 Å². The van der Waals surface area contributed by atoms with Crippen molar-refractivity contribution < 1.29 is 13.2 Å². The van der Waals surface area contributed by atoms with E-state index in [0.29, 0.717) is 41.5 Å². The number of hydrogen-bond donors (Lipinski definition) is 1. The Bertz CT molecular complexity index is 998. The first-order valence-electron chi connectivity index (χ1n) is 9.62. The average molecular weight is 419 g/mol. The highest BCUT2D eigenvalue weighted by Gasteiger charge is 2.32. The first-order chi connectivity index (χ1) is 13.4. The normalized spacial score (nSPS) is 18.0. The van der Waals surface area contributed by atoms with Crippen molar-refractivity contribution in [3.63, 3.8) is 0 Å². The van der Waals surface area contributed by atoms with Gasteiger partial charge < -0.3 is 5.32 Å². The maximum absolute atomic E-state index is 13.0. The fourth-order valence-electron chi connectivity index (χ4n) is 4.01. The van der Waals surface area contributed by atoms with Gasteiger partial charge in [0.25, 0.3) is 0 Å². The van der Waals surface area contributed by atoms with E-state index in [1.807, 2.05) is 18.2 Å². The van der Waals surface area contributed by atoms with E-state index in [1.54, 1.807) is 24.3 Å². The quantitative estimate of drug-likeness (QED) is 0.819. The van der Waals surface area contributed by atoms with Crippen molar-refractivity contribution in [3.8, 4) is 0 Å². The Morgan fingerprint density at radius 3 is 2.50 bits per heavy atom. The number of amides is 1. The summed E-state index contributed by atoms with van der Waals surface area (Å²) in [5, 5.41) is 3.35. The molecule has 2 aromatic rings. The molecule has 0 atom stereocenters. The number of nitrogens with one attached hydrogen (secondary N) is 1. The minimum Gasteiger partial charge on any atom is -0.325 e. The average Bonchev–Trinajstić information content (AvgIpc) is 3.17.